The number of hydrogen-bond donors (Lipinski definition) is 1. The number of fused-ring (bicyclic) bond motifs is 1. The third-order valence-corrected chi connectivity index (χ3v) is 2.95. The van der Waals surface area contributed by atoms with E-state index in [1.807, 2.05) is 0 Å². The lowest BCUT2D eigenvalue weighted by Crippen LogP contribution is -2.54. The highest BCUT2D eigenvalue weighted by Crippen LogP contribution is 2.49. The molecule has 0 aromatic rings. The Hall–Kier alpha value is -0.590. The summed E-state index contributed by atoms with van der Waals surface area (Å²) < 4.78 is 5.65. The molecule has 0 aromatic heterocycles. The first kappa shape index (κ1) is 7.08. The fourth-order valence-electron chi connectivity index (χ4n) is 2.35. The molecule has 0 radical (unpaired) electrons. The van der Waals surface area contributed by atoms with Crippen LogP contribution in [0.15, 0.2) is 6.08 Å². The molecular weight excluding hydrogens is 138 g/mol. The van der Waals surface area contributed by atoms with E-state index in [0.717, 1.165) is 0 Å². The molecule has 3 atom stereocenters. The Bertz CT molecular complexity index is 220. The Morgan fingerprint density at radius 1 is 1.64 bits per heavy atom. The van der Waals surface area contributed by atoms with Crippen LogP contribution in [-0.4, -0.2) is 17.6 Å². The maximum Gasteiger partial charge on any atom is 0.0979 e. The SMILES string of the molecule is CC1(C=C=N)OC2CCCC21. The van der Waals surface area contributed by atoms with Gasteiger partial charge in [-0.15, -0.1) is 0 Å². The van der Waals surface area contributed by atoms with Crippen LogP contribution in [0, 0.1) is 11.3 Å². The van der Waals surface area contributed by atoms with Crippen LogP contribution in [0.2, 0.25) is 0 Å². The lowest BCUT2D eigenvalue weighted by molar-refractivity contribution is -0.208. The molecular formula is C9H13NO. The van der Waals surface area contributed by atoms with Gasteiger partial charge in [-0.3, -0.25) is 5.41 Å². The fraction of sp³-hybridized carbons (Fsp3) is 0.778. The topological polar surface area (TPSA) is 33.1 Å². The lowest BCUT2D eigenvalue weighted by atomic mass is 9.80. The van der Waals surface area contributed by atoms with Crippen LogP contribution < -0.4 is 0 Å². The van der Waals surface area contributed by atoms with E-state index in [2.05, 4.69) is 12.8 Å². The van der Waals surface area contributed by atoms with E-state index in [-0.39, 0.29) is 5.60 Å². The van der Waals surface area contributed by atoms with Crippen molar-refractivity contribution < 1.29 is 4.74 Å². The average Bonchev–Trinajstić information content (AvgIpc) is 2.32. The third kappa shape index (κ3) is 0.867. The summed E-state index contributed by atoms with van der Waals surface area (Å²) in [6.45, 7) is 2.06. The highest BCUT2D eigenvalue weighted by molar-refractivity contribution is 5.51. The van der Waals surface area contributed by atoms with Crippen LogP contribution in [0.3, 0.4) is 0 Å². The average molecular weight is 151 g/mol. The maximum absolute atomic E-state index is 6.86. The predicted molar refractivity (Wildman–Crippen MR) is 42.9 cm³/mol. The second kappa shape index (κ2) is 2.20. The highest BCUT2D eigenvalue weighted by atomic mass is 16.5. The second-order valence-corrected chi connectivity index (χ2v) is 3.67. The molecule has 1 aliphatic carbocycles. The van der Waals surface area contributed by atoms with Crippen molar-refractivity contribution in [3.8, 4) is 0 Å². The van der Waals surface area contributed by atoms with Crippen LogP contribution >= 0.6 is 0 Å². The molecule has 2 rings (SSSR count). The summed E-state index contributed by atoms with van der Waals surface area (Å²) >= 11 is 0. The quantitative estimate of drug-likeness (QED) is 0.569. The van der Waals surface area contributed by atoms with Crippen molar-refractivity contribution in [1.82, 2.24) is 0 Å². The number of hydrogen-bond acceptors (Lipinski definition) is 2. The third-order valence-electron chi connectivity index (χ3n) is 2.95. The number of ether oxygens (including phenoxy) is 1. The Kier molecular flexibility index (Phi) is 1.41. The van der Waals surface area contributed by atoms with Crippen molar-refractivity contribution in [2.75, 3.05) is 0 Å². The minimum atomic E-state index is -0.150. The van der Waals surface area contributed by atoms with Gasteiger partial charge in [0.1, 0.15) is 0 Å². The monoisotopic (exact) mass is 151 g/mol. The molecule has 2 fully saturated rings. The first-order valence-electron chi connectivity index (χ1n) is 4.21. The largest absolute Gasteiger partial charge is 0.366 e. The Morgan fingerprint density at radius 2 is 2.45 bits per heavy atom. The molecule has 1 saturated heterocycles. The van der Waals surface area contributed by atoms with Crippen molar-refractivity contribution in [2.24, 2.45) is 5.92 Å². The molecule has 1 heterocycles. The standard InChI is InChI=1S/C9H13NO/c1-9(5-6-10)7-3-2-4-8(7)11-9/h5,7-8,10H,2-4H2,1H3. The zero-order valence-corrected chi connectivity index (χ0v) is 6.76. The zero-order chi connectivity index (χ0) is 7.90. The van der Waals surface area contributed by atoms with E-state index in [1.165, 1.54) is 19.3 Å². The van der Waals surface area contributed by atoms with E-state index in [4.69, 9.17) is 10.1 Å². The Labute approximate surface area is 66.8 Å². The molecule has 2 aliphatic rings. The fourth-order valence-corrected chi connectivity index (χ4v) is 2.35. The molecule has 0 amide bonds. The van der Waals surface area contributed by atoms with Crippen molar-refractivity contribution in [3.63, 3.8) is 0 Å². The lowest BCUT2D eigenvalue weighted by Gasteiger charge is -2.48. The highest BCUT2D eigenvalue weighted by Gasteiger charge is 2.52. The summed E-state index contributed by atoms with van der Waals surface area (Å²) in [6, 6.07) is 0. The van der Waals surface area contributed by atoms with Gasteiger partial charge in [0.05, 0.1) is 11.7 Å². The molecule has 2 nitrogen and oxygen atoms in total. The Balaban J connectivity index is 2.13. The summed E-state index contributed by atoms with van der Waals surface area (Å²) in [5.74, 6) is 2.99. The van der Waals surface area contributed by atoms with Crippen LogP contribution in [-0.2, 0) is 4.74 Å². The molecule has 1 N–H and O–H groups in total. The van der Waals surface area contributed by atoms with Gasteiger partial charge in [0.15, 0.2) is 0 Å². The predicted octanol–water partition coefficient (Wildman–Crippen LogP) is 1.75. The Morgan fingerprint density at radius 3 is 3.09 bits per heavy atom. The molecule has 1 saturated carbocycles. The van der Waals surface area contributed by atoms with E-state index < -0.39 is 0 Å². The van der Waals surface area contributed by atoms with E-state index >= 15 is 0 Å². The van der Waals surface area contributed by atoms with Crippen molar-refractivity contribution >= 4 is 5.87 Å². The minimum absolute atomic E-state index is 0.150. The molecule has 2 heteroatoms. The van der Waals surface area contributed by atoms with E-state index in [0.29, 0.717) is 12.0 Å². The molecule has 0 spiro atoms. The summed E-state index contributed by atoms with van der Waals surface area (Å²) in [5, 5.41) is 6.86. The van der Waals surface area contributed by atoms with Gasteiger partial charge in [0.25, 0.3) is 0 Å². The minimum Gasteiger partial charge on any atom is -0.366 e. The first-order chi connectivity index (χ1) is 5.26. The second-order valence-electron chi connectivity index (χ2n) is 3.67. The molecule has 60 valence electrons. The number of nitrogens with one attached hydrogen (secondary N) is 1. The molecule has 3 unspecified atom stereocenters. The number of rotatable bonds is 1. The van der Waals surface area contributed by atoms with Gasteiger partial charge in [0, 0.05) is 12.0 Å². The maximum atomic E-state index is 6.86. The molecule has 0 bridgehead atoms. The van der Waals surface area contributed by atoms with Crippen LogP contribution in [0.5, 0.6) is 0 Å². The summed E-state index contributed by atoms with van der Waals surface area (Å²) in [7, 11) is 0. The van der Waals surface area contributed by atoms with Crippen molar-refractivity contribution in [2.45, 2.75) is 37.9 Å². The van der Waals surface area contributed by atoms with E-state index in [1.54, 1.807) is 6.08 Å². The van der Waals surface area contributed by atoms with Gasteiger partial charge in [-0.25, -0.2) is 0 Å². The van der Waals surface area contributed by atoms with Crippen molar-refractivity contribution in [3.05, 3.63) is 6.08 Å². The van der Waals surface area contributed by atoms with Gasteiger partial charge in [-0.1, -0.05) is 6.42 Å². The molecule has 0 aromatic carbocycles. The van der Waals surface area contributed by atoms with Crippen molar-refractivity contribution in [1.29, 1.82) is 5.41 Å². The zero-order valence-electron chi connectivity index (χ0n) is 6.76. The van der Waals surface area contributed by atoms with Gasteiger partial charge >= 0.3 is 0 Å². The van der Waals surface area contributed by atoms with Gasteiger partial charge in [-0.2, -0.15) is 0 Å². The smallest absolute Gasteiger partial charge is 0.0979 e. The van der Waals surface area contributed by atoms with Gasteiger partial charge in [-0.05, 0) is 25.6 Å². The van der Waals surface area contributed by atoms with E-state index in [9.17, 15) is 0 Å². The van der Waals surface area contributed by atoms with Crippen LogP contribution in [0.25, 0.3) is 0 Å². The summed E-state index contributed by atoms with van der Waals surface area (Å²) in [5.41, 5.74) is -0.150. The van der Waals surface area contributed by atoms with Crippen LogP contribution in [0.4, 0.5) is 0 Å². The van der Waals surface area contributed by atoms with Gasteiger partial charge in [0.2, 0.25) is 0 Å². The first-order valence-corrected chi connectivity index (χ1v) is 4.21. The summed E-state index contributed by atoms with van der Waals surface area (Å²) in [6.07, 6.45) is 6.01. The van der Waals surface area contributed by atoms with Crippen LogP contribution in [0.1, 0.15) is 26.2 Å². The normalized spacial score (nSPS) is 47.4. The summed E-state index contributed by atoms with van der Waals surface area (Å²) in [4.78, 5) is 0. The van der Waals surface area contributed by atoms with Gasteiger partial charge < -0.3 is 4.74 Å². The molecule has 11 heavy (non-hydrogen) atoms. The molecule has 1 aliphatic heterocycles.